The molecule has 0 saturated heterocycles. The number of carbonyl (C=O) groups is 1. The highest BCUT2D eigenvalue weighted by atomic mass is 16.5. The summed E-state index contributed by atoms with van der Waals surface area (Å²) in [6.07, 6.45) is 1.82. The monoisotopic (exact) mass is 261 g/mol. The molecule has 0 aliphatic carbocycles. The molecule has 1 aromatic heterocycles. The number of ether oxygens (including phenoxy) is 2. The number of carbonyl (C=O) groups excluding carboxylic acids is 1. The van der Waals surface area contributed by atoms with E-state index in [-0.39, 0.29) is 6.61 Å². The number of rotatable bonds is 4. The van der Waals surface area contributed by atoms with E-state index in [2.05, 4.69) is 5.10 Å². The highest BCUT2D eigenvalue weighted by molar-refractivity contribution is 5.93. The molecule has 0 aliphatic heterocycles. The van der Waals surface area contributed by atoms with E-state index in [0.29, 0.717) is 17.0 Å². The first kappa shape index (κ1) is 12.9. The zero-order chi connectivity index (χ0) is 13.8. The predicted molar refractivity (Wildman–Crippen MR) is 69.7 cm³/mol. The van der Waals surface area contributed by atoms with Crippen LogP contribution in [0.15, 0.2) is 30.5 Å². The quantitative estimate of drug-likeness (QED) is 0.664. The first-order chi connectivity index (χ1) is 9.10. The van der Waals surface area contributed by atoms with Crippen LogP contribution in [0, 0.1) is 0 Å². The predicted octanol–water partition coefficient (Wildman–Crippen LogP) is 1.37. The molecule has 6 heteroatoms. The normalized spacial score (nSPS) is 10.2. The number of benzene rings is 1. The molecule has 1 aromatic carbocycles. The minimum atomic E-state index is -0.483. The van der Waals surface area contributed by atoms with Gasteiger partial charge in [-0.05, 0) is 24.3 Å². The maximum atomic E-state index is 11.6. The summed E-state index contributed by atoms with van der Waals surface area (Å²) < 4.78 is 12.0. The van der Waals surface area contributed by atoms with Gasteiger partial charge >= 0.3 is 5.97 Å². The van der Waals surface area contributed by atoms with E-state index in [4.69, 9.17) is 15.2 Å². The largest absolute Gasteiger partial charge is 0.486 e. The second kappa shape index (κ2) is 5.43. The summed E-state index contributed by atoms with van der Waals surface area (Å²) in [6, 6.07) is 6.68. The van der Waals surface area contributed by atoms with Crippen LogP contribution in [0.2, 0.25) is 0 Å². The molecule has 2 N–H and O–H groups in total. The molecular weight excluding hydrogens is 246 g/mol. The minimum Gasteiger partial charge on any atom is -0.486 e. The third-order valence-electron chi connectivity index (χ3n) is 2.55. The van der Waals surface area contributed by atoms with Gasteiger partial charge in [-0.3, -0.25) is 4.68 Å². The van der Waals surface area contributed by atoms with Crippen LogP contribution in [-0.4, -0.2) is 22.9 Å². The number of aromatic nitrogens is 2. The summed E-state index contributed by atoms with van der Waals surface area (Å²) in [5.74, 6) is -0.0602. The Labute approximate surface area is 110 Å². The Morgan fingerprint density at radius 3 is 2.84 bits per heavy atom. The molecule has 0 bridgehead atoms. The number of aryl methyl sites for hydroxylation is 1. The number of anilines is 1. The van der Waals surface area contributed by atoms with Crippen LogP contribution < -0.4 is 10.5 Å². The number of methoxy groups -OCH3 is 1. The fraction of sp³-hybridized carbons (Fsp3) is 0.231. The minimum absolute atomic E-state index is 0.273. The summed E-state index contributed by atoms with van der Waals surface area (Å²) in [7, 11) is 3.14. The van der Waals surface area contributed by atoms with Gasteiger partial charge in [0.2, 0.25) is 0 Å². The van der Waals surface area contributed by atoms with E-state index in [0.717, 1.165) is 5.69 Å². The lowest BCUT2D eigenvalue weighted by Crippen LogP contribution is -2.07. The molecule has 1 heterocycles. The maximum absolute atomic E-state index is 11.6. The van der Waals surface area contributed by atoms with E-state index in [1.165, 1.54) is 13.2 Å². The fourth-order valence-corrected chi connectivity index (χ4v) is 1.63. The topological polar surface area (TPSA) is 79.4 Å². The molecule has 0 atom stereocenters. The van der Waals surface area contributed by atoms with Crippen LogP contribution in [-0.2, 0) is 18.4 Å². The molecule has 0 unspecified atom stereocenters. The van der Waals surface area contributed by atoms with Crippen molar-refractivity contribution in [1.82, 2.24) is 9.78 Å². The summed E-state index contributed by atoms with van der Waals surface area (Å²) in [5.41, 5.74) is 7.21. The molecule has 0 aliphatic rings. The molecule has 100 valence electrons. The van der Waals surface area contributed by atoms with Gasteiger partial charge in [0.15, 0.2) is 0 Å². The highest BCUT2D eigenvalue weighted by Gasteiger charge is 2.14. The zero-order valence-electron chi connectivity index (χ0n) is 10.8. The molecular formula is C13H15N3O3. The van der Waals surface area contributed by atoms with E-state index >= 15 is 0 Å². The third-order valence-corrected chi connectivity index (χ3v) is 2.55. The molecule has 0 amide bonds. The van der Waals surface area contributed by atoms with E-state index < -0.39 is 5.97 Å². The van der Waals surface area contributed by atoms with E-state index in [1.54, 1.807) is 16.8 Å². The van der Waals surface area contributed by atoms with Crippen molar-refractivity contribution in [3.05, 3.63) is 41.7 Å². The van der Waals surface area contributed by atoms with Gasteiger partial charge in [-0.15, -0.1) is 0 Å². The van der Waals surface area contributed by atoms with Crippen molar-refractivity contribution in [1.29, 1.82) is 0 Å². The Morgan fingerprint density at radius 2 is 2.21 bits per heavy atom. The van der Waals surface area contributed by atoms with Crippen LogP contribution in [0.25, 0.3) is 0 Å². The summed E-state index contributed by atoms with van der Waals surface area (Å²) in [6.45, 7) is 0.273. The van der Waals surface area contributed by atoms with Gasteiger partial charge in [-0.1, -0.05) is 0 Å². The lowest BCUT2D eigenvalue weighted by atomic mass is 10.2. The Kier molecular flexibility index (Phi) is 3.70. The van der Waals surface area contributed by atoms with Gasteiger partial charge in [0, 0.05) is 18.9 Å². The van der Waals surface area contributed by atoms with Gasteiger partial charge in [0.25, 0.3) is 0 Å². The van der Waals surface area contributed by atoms with E-state index in [1.807, 2.05) is 19.3 Å². The molecule has 0 radical (unpaired) electrons. The smallest absolute Gasteiger partial charge is 0.341 e. The summed E-state index contributed by atoms with van der Waals surface area (Å²) >= 11 is 0. The average molecular weight is 261 g/mol. The number of nitrogens with zero attached hydrogens (tertiary/aromatic N) is 2. The molecule has 0 saturated carbocycles. The molecule has 2 rings (SSSR count). The second-order valence-electron chi connectivity index (χ2n) is 4.02. The Balaban J connectivity index is 2.17. The summed E-state index contributed by atoms with van der Waals surface area (Å²) in [5, 5.41) is 4.19. The van der Waals surface area contributed by atoms with Gasteiger partial charge < -0.3 is 15.2 Å². The maximum Gasteiger partial charge on any atom is 0.341 e. The van der Waals surface area contributed by atoms with Gasteiger partial charge in [-0.2, -0.15) is 5.10 Å². The highest BCUT2D eigenvalue weighted by Crippen LogP contribution is 2.23. The van der Waals surface area contributed by atoms with Crippen LogP contribution in [0.4, 0.5) is 5.69 Å². The fourth-order valence-electron chi connectivity index (χ4n) is 1.63. The molecule has 19 heavy (non-hydrogen) atoms. The van der Waals surface area contributed by atoms with Crippen molar-refractivity contribution in [2.24, 2.45) is 7.05 Å². The number of nitrogen functional groups attached to an aromatic ring is 1. The Bertz CT molecular complexity index is 593. The Morgan fingerprint density at radius 1 is 1.42 bits per heavy atom. The van der Waals surface area contributed by atoms with Crippen molar-refractivity contribution in [3.8, 4) is 5.75 Å². The van der Waals surface area contributed by atoms with Crippen LogP contribution in [0.1, 0.15) is 16.1 Å². The van der Waals surface area contributed by atoms with Crippen molar-refractivity contribution < 1.29 is 14.3 Å². The lowest BCUT2D eigenvalue weighted by molar-refractivity contribution is 0.0595. The SMILES string of the molecule is COC(=O)c1cc(N)ccc1OCc1ccn(C)n1. The molecule has 0 fully saturated rings. The second-order valence-corrected chi connectivity index (χ2v) is 4.02. The molecule has 6 nitrogen and oxygen atoms in total. The van der Waals surface area contributed by atoms with Crippen molar-refractivity contribution in [2.75, 3.05) is 12.8 Å². The molecule has 0 spiro atoms. The van der Waals surface area contributed by atoms with Crippen LogP contribution >= 0.6 is 0 Å². The van der Waals surface area contributed by atoms with Crippen molar-refractivity contribution in [2.45, 2.75) is 6.61 Å². The number of hydrogen-bond donors (Lipinski definition) is 1. The van der Waals surface area contributed by atoms with Crippen molar-refractivity contribution >= 4 is 11.7 Å². The van der Waals surface area contributed by atoms with Gasteiger partial charge in [-0.25, -0.2) is 4.79 Å². The molecule has 2 aromatic rings. The zero-order valence-corrected chi connectivity index (χ0v) is 10.8. The van der Waals surface area contributed by atoms with Crippen LogP contribution in [0.3, 0.4) is 0 Å². The van der Waals surface area contributed by atoms with Crippen LogP contribution in [0.5, 0.6) is 5.75 Å². The standard InChI is InChI=1S/C13H15N3O3/c1-16-6-5-10(15-16)8-19-12-4-3-9(14)7-11(12)13(17)18-2/h3-7H,8,14H2,1-2H3. The van der Waals surface area contributed by atoms with Gasteiger partial charge in [0.1, 0.15) is 17.9 Å². The Hall–Kier alpha value is -2.50. The first-order valence-corrected chi connectivity index (χ1v) is 5.69. The average Bonchev–Trinajstić information content (AvgIpc) is 2.82. The van der Waals surface area contributed by atoms with Crippen molar-refractivity contribution in [3.63, 3.8) is 0 Å². The number of nitrogens with two attached hydrogens (primary N) is 1. The van der Waals surface area contributed by atoms with Gasteiger partial charge in [0.05, 0.1) is 12.8 Å². The lowest BCUT2D eigenvalue weighted by Gasteiger charge is -2.09. The summed E-state index contributed by atoms with van der Waals surface area (Å²) in [4.78, 5) is 11.6. The first-order valence-electron chi connectivity index (χ1n) is 5.69. The number of esters is 1. The number of hydrogen-bond acceptors (Lipinski definition) is 5. The third kappa shape index (κ3) is 3.04. The van der Waals surface area contributed by atoms with E-state index in [9.17, 15) is 4.79 Å².